The molecule has 17 heavy (non-hydrogen) atoms. The fraction of sp³-hybridized carbons (Fsp3) is 0.231. The quantitative estimate of drug-likeness (QED) is 0.621. The Labute approximate surface area is 101 Å². The minimum Gasteiger partial charge on any atom is -0.387 e. The van der Waals surface area contributed by atoms with E-state index in [0.29, 0.717) is 6.42 Å². The first-order valence-corrected chi connectivity index (χ1v) is 5.65. The molecule has 0 spiro atoms. The van der Waals surface area contributed by atoms with E-state index in [0.717, 1.165) is 23.4 Å². The number of nitrogens with zero attached hydrogens (tertiary/aromatic N) is 2. The van der Waals surface area contributed by atoms with E-state index in [2.05, 4.69) is 5.10 Å². The van der Waals surface area contributed by atoms with Gasteiger partial charge in [0.1, 0.15) is 0 Å². The van der Waals surface area contributed by atoms with Gasteiger partial charge in [-0.3, -0.25) is 10.1 Å². The summed E-state index contributed by atoms with van der Waals surface area (Å²) in [5.41, 5.74) is 8.46. The number of nitrogens with one attached hydrogen (secondary N) is 1. The molecular formula is C13H16N4. The second-order valence-electron chi connectivity index (χ2n) is 3.93. The fourth-order valence-corrected chi connectivity index (χ4v) is 1.80. The SMILES string of the molecule is CCn1cc(CC(=N)N)c(-c2ccccc2)n1. The first kappa shape index (κ1) is 11.4. The van der Waals surface area contributed by atoms with Crippen LogP contribution in [0, 0.1) is 5.41 Å². The number of hydrogen-bond donors (Lipinski definition) is 2. The summed E-state index contributed by atoms with van der Waals surface area (Å²) in [6.45, 7) is 2.86. The molecule has 0 bridgehead atoms. The summed E-state index contributed by atoms with van der Waals surface area (Å²) >= 11 is 0. The number of rotatable bonds is 4. The van der Waals surface area contributed by atoms with Gasteiger partial charge in [0, 0.05) is 30.3 Å². The molecule has 88 valence electrons. The van der Waals surface area contributed by atoms with Crippen LogP contribution in [0.25, 0.3) is 11.3 Å². The van der Waals surface area contributed by atoms with Gasteiger partial charge in [0.2, 0.25) is 0 Å². The molecule has 0 saturated heterocycles. The largest absolute Gasteiger partial charge is 0.387 e. The normalized spacial score (nSPS) is 10.4. The van der Waals surface area contributed by atoms with Gasteiger partial charge < -0.3 is 5.73 Å². The van der Waals surface area contributed by atoms with Crippen molar-refractivity contribution in [2.75, 3.05) is 0 Å². The molecule has 0 aliphatic heterocycles. The zero-order chi connectivity index (χ0) is 12.3. The molecule has 4 heteroatoms. The molecule has 0 unspecified atom stereocenters. The third-order valence-electron chi connectivity index (χ3n) is 2.59. The predicted octanol–water partition coefficient (Wildman–Crippen LogP) is 2.05. The van der Waals surface area contributed by atoms with E-state index in [1.54, 1.807) is 0 Å². The predicted molar refractivity (Wildman–Crippen MR) is 69.0 cm³/mol. The van der Waals surface area contributed by atoms with Gasteiger partial charge in [-0.05, 0) is 6.92 Å². The van der Waals surface area contributed by atoms with Crippen LogP contribution in [-0.2, 0) is 13.0 Å². The average molecular weight is 228 g/mol. The molecule has 0 aliphatic carbocycles. The molecule has 0 fully saturated rings. The number of amidine groups is 1. The van der Waals surface area contributed by atoms with Crippen LogP contribution >= 0.6 is 0 Å². The molecule has 2 rings (SSSR count). The van der Waals surface area contributed by atoms with Crippen LogP contribution in [0.5, 0.6) is 0 Å². The van der Waals surface area contributed by atoms with Crippen LogP contribution < -0.4 is 5.73 Å². The lowest BCUT2D eigenvalue weighted by Crippen LogP contribution is -2.12. The van der Waals surface area contributed by atoms with E-state index >= 15 is 0 Å². The molecule has 1 heterocycles. The number of aromatic nitrogens is 2. The highest BCUT2D eigenvalue weighted by Crippen LogP contribution is 2.22. The second kappa shape index (κ2) is 4.82. The van der Waals surface area contributed by atoms with E-state index in [1.807, 2.05) is 48.1 Å². The minimum absolute atomic E-state index is 0.165. The zero-order valence-corrected chi connectivity index (χ0v) is 9.85. The maximum absolute atomic E-state index is 7.40. The third-order valence-corrected chi connectivity index (χ3v) is 2.59. The Morgan fingerprint density at radius 2 is 2.06 bits per heavy atom. The van der Waals surface area contributed by atoms with Crippen LogP contribution in [0.4, 0.5) is 0 Å². The summed E-state index contributed by atoms with van der Waals surface area (Å²) in [5.74, 6) is 0.165. The molecule has 4 nitrogen and oxygen atoms in total. The molecule has 0 aliphatic rings. The Balaban J connectivity index is 2.44. The van der Waals surface area contributed by atoms with E-state index in [1.165, 1.54) is 0 Å². The van der Waals surface area contributed by atoms with Gasteiger partial charge in [0.05, 0.1) is 11.5 Å². The van der Waals surface area contributed by atoms with E-state index < -0.39 is 0 Å². The summed E-state index contributed by atoms with van der Waals surface area (Å²) < 4.78 is 1.88. The summed E-state index contributed by atoms with van der Waals surface area (Å²) in [6, 6.07) is 9.98. The number of hydrogen-bond acceptors (Lipinski definition) is 2. The van der Waals surface area contributed by atoms with Gasteiger partial charge >= 0.3 is 0 Å². The van der Waals surface area contributed by atoms with Gasteiger partial charge in [-0.1, -0.05) is 30.3 Å². The lowest BCUT2D eigenvalue weighted by molar-refractivity contribution is 0.661. The highest BCUT2D eigenvalue weighted by atomic mass is 15.3. The number of aryl methyl sites for hydroxylation is 1. The Kier molecular flexibility index (Phi) is 3.23. The van der Waals surface area contributed by atoms with E-state index in [9.17, 15) is 0 Å². The second-order valence-corrected chi connectivity index (χ2v) is 3.93. The third kappa shape index (κ3) is 2.53. The molecule has 0 radical (unpaired) electrons. The van der Waals surface area contributed by atoms with Crippen molar-refractivity contribution >= 4 is 5.84 Å². The van der Waals surface area contributed by atoms with E-state index in [4.69, 9.17) is 11.1 Å². The van der Waals surface area contributed by atoms with Crippen LogP contribution in [0.3, 0.4) is 0 Å². The molecule has 0 amide bonds. The molecule has 1 aromatic heterocycles. The zero-order valence-electron chi connectivity index (χ0n) is 9.85. The lowest BCUT2D eigenvalue weighted by atomic mass is 10.1. The van der Waals surface area contributed by atoms with Crippen molar-refractivity contribution in [1.82, 2.24) is 9.78 Å². The summed E-state index contributed by atoms with van der Waals surface area (Å²) in [6.07, 6.45) is 2.41. The Morgan fingerprint density at radius 3 is 2.65 bits per heavy atom. The van der Waals surface area contributed by atoms with Gasteiger partial charge in [-0.25, -0.2) is 0 Å². The van der Waals surface area contributed by atoms with Crippen LogP contribution in [0.2, 0.25) is 0 Å². The van der Waals surface area contributed by atoms with Crippen LogP contribution in [0.1, 0.15) is 12.5 Å². The summed E-state index contributed by atoms with van der Waals surface area (Å²) in [7, 11) is 0. The standard InChI is InChI=1S/C13H16N4/c1-2-17-9-11(8-12(14)15)13(16-17)10-6-4-3-5-7-10/h3-7,9H,2,8H2,1H3,(H3,14,15). The molecule has 2 aromatic rings. The lowest BCUT2D eigenvalue weighted by Gasteiger charge is -2.00. The average Bonchev–Trinajstić information content (AvgIpc) is 2.72. The Hall–Kier alpha value is -2.10. The van der Waals surface area contributed by atoms with Gasteiger partial charge in [0.15, 0.2) is 0 Å². The summed E-state index contributed by atoms with van der Waals surface area (Å²) in [4.78, 5) is 0. The van der Waals surface area contributed by atoms with Crippen molar-refractivity contribution in [1.29, 1.82) is 5.41 Å². The molecule has 3 N–H and O–H groups in total. The van der Waals surface area contributed by atoms with Crippen molar-refractivity contribution in [3.63, 3.8) is 0 Å². The number of benzene rings is 1. The topological polar surface area (TPSA) is 67.7 Å². The fourth-order valence-electron chi connectivity index (χ4n) is 1.80. The van der Waals surface area contributed by atoms with Crippen molar-refractivity contribution in [3.05, 3.63) is 42.1 Å². The summed E-state index contributed by atoms with van der Waals surface area (Å²) in [5, 5.41) is 11.9. The first-order valence-electron chi connectivity index (χ1n) is 5.65. The highest BCUT2D eigenvalue weighted by molar-refractivity contribution is 5.81. The number of nitrogens with two attached hydrogens (primary N) is 1. The molecular weight excluding hydrogens is 212 g/mol. The highest BCUT2D eigenvalue weighted by Gasteiger charge is 2.11. The Bertz CT molecular complexity index is 513. The van der Waals surface area contributed by atoms with Crippen molar-refractivity contribution in [2.45, 2.75) is 19.9 Å². The maximum atomic E-state index is 7.40. The van der Waals surface area contributed by atoms with Crippen LogP contribution in [-0.4, -0.2) is 15.6 Å². The van der Waals surface area contributed by atoms with Crippen molar-refractivity contribution < 1.29 is 0 Å². The maximum Gasteiger partial charge on any atom is 0.0959 e. The minimum atomic E-state index is 0.165. The molecule has 0 saturated carbocycles. The Morgan fingerprint density at radius 1 is 1.35 bits per heavy atom. The van der Waals surface area contributed by atoms with Crippen molar-refractivity contribution in [2.24, 2.45) is 5.73 Å². The molecule has 0 atom stereocenters. The van der Waals surface area contributed by atoms with Crippen molar-refractivity contribution in [3.8, 4) is 11.3 Å². The van der Waals surface area contributed by atoms with Gasteiger partial charge in [-0.15, -0.1) is 0 Å². The smallest absolute Gasteiger partial charge is 0.0959 e. The molecule has 1 aromatic carbocycles. The van der Waals surface area contributed by atoms with Gasteiger partial charge in [-0.2, -0.15) is 5.10 Å². The monoisotopic (exact) mass is 228 g/mol. The first-order chi connectivity index (χ1) is 8.20. The van der Waals surface area contributed by atoms with Crippen LogP contribution in [0.15, 0.2) is 36.5 Å². The van der Waals surface area contributed by atoms with E-state index in [-0.39, 0.29) is 5.84 Å². The van der Waals surface area contributed by atoms with Gasteiger partial charge in [0.25, 0.3) is 0 Å².